The largest absolute Gasteiger partial charge is 0.327 e. The van der Waals surface area contributed by atoms with E-state index in [9.17, 15) is 0 Å². The van der Waals surface area contributed by atoms with Crippen LogP contribution in [0.5, 0.6) is 0 Å². The molecule has 2 heteroatoms. The second-order valence-corrected chi connectivity index (χ2v) is 6.75. The molecule has 1 atom stereocenters. The molecule has 1 aliphatic rings. The van der Waals surface area contributed by atoms with E-state index in [4.69, 9.17) is 5.73 Å². The molecule has 1 heterocycles. The zero-order valence-electron chi connectivity index (χ0n) is 12.7. The van der Waals surface area contributed by atoms with Crippen LogP contribution in [0.1, 0.15) is 57.2 Å². The fourth-order valence-corrected chi connectivity index (χ4v) is 3.78. The third kappa shape index (κ3) is 3.36. The summed E-state index contributed by atoms with van der Waals surface area (Å²) in [5.74, 6) is 0.731. The molecule has 2 rings (SSSR count). The Kier molecular flexibility index (Phi) is 4.62. The smallest absolute Gasteiger partial charge is 0.0448 e. The summed E-state index contributed by atoms with van der Waals surface area (Å²) in [6.45, 7) is 6.77. The summed E-state index contributed by atoms with van der Waals surface area (Å²) < 4.78 is 0. The molecule has 1 saturated carbocycles. The number of rotatable bonds is 5. The summed E-state index contributed by atoms with van der Waals surface area (Å²) in [5, 5.41) is 0. The lowest BCUT2D eigenvalue weighted by molar-refractivity contribution is 0.180. The molecule has 0 aliphatic heterocycles. The van der Waals surface area contributed by atoms with Gasteiger partial charge in [-0.15, -0.1) is 0 Å². The first-order valence-corrected chi connectivity index (χ1v) is 7.69. The number of hydrogen-bond acceptors (Lipinski definition) is 2. The quantitative estimate of drug-likeness (QED) is 0.873. The zero-order valence-corrected chi connectivity index (χ0v) is 12.7. The van der Waals surface area contributed by atoms with Gasteiger partial charge in [0.2, 0.25) is 0 Å². The minimum Gasteiger partial charge on any atom is -0.327 e. The van der Waals surface area contributed by atoms with Crippen molar-refractivity contribution in [2.24, 2.45) is 17.1 Å². The minimum atomic E-state index is 0.256. The number of nitrogens with zero attached hydrogens (tertiary/aromatic N) is 1. The first-order chi connectivity index (χ1) is 9.03. The number of pyridine rings is 1. The van der Waals surface area contributed by atoms with Crippen molar-refractivity contribution in [3.8, 4) is 0 Å². The molecule has 0 saturated heterocycles. The molecule has 1 unspecified atom stereocenters. The second-order valence-electron chi connectivity index (χ2n) is 6.75. The Morgan fingerprint density at radius 1 is 1.32 bits per heavy atom. The SMILES string of the molecule is Cc1cccnc1CC(N)C1(CC(C)C)CCCC1. The molecule has 0 aromatic carbocycles. The molecular weight excluding hydrogens is 232 g/mol. The molecule has 1 aromatic rings. The van der Waals surface area contributed by atoms with Gasteiger partial charge in [-0.1, -0.05) is 32.8 Å². The van der Waals surface area contributed by atoms with E-state index < -0.39 is 0 Å². The Hall–Kier alpha value is -0.890. The summed E-state index contributed by atoms with van der Waals surface area (Å²) in [6, 6.07) is 4.40. The monoisotopic (exact) mass is 260 g/mol. The van der Waals surface area contributed by atoms with E-state index in [1.807, 2.05) is 12.3 Å². The van der Waals surface area contributed by atoms with E-state index in [0.29, 0.717) is 5.41 Å². The predicted octanol–water partition coefficient (Wildman–Crippen LogP) is 3.87. The van der Waals surface area contributed by atoms with Crippen molar-refractivity contribution in [1.82, 2.24) is 4.98 Å². The van der Waals surface area contributed by atoms with Crippen molar-refractivity contribution >= 4 is 0 Å². The number of hydrogen-bond donors (Lipinski definition) is 1. The molecule has 0 amide bonds. The molecule has 2 N–H and O–H groups in total. The van der Waals surface area contributed by atoms with Crippen LogP contribution in [0.25, 0.3) is 0 Å². The summed E-state index contributed by atoms with van der Waals surface area (Å²) in [4.78, 5) is 4.52. The lowest BCUT2D eigenvalue weighted by atomic mass is 9.71. The highest BCUT2D eigenvalue weighted by molar-refractivity contribution is 5.19. The summed E-state index contributed by atoms with van der Waals surface area (Å²) in [7, 11) is 0. The lowest BCUT2D eigenvalue weighted by Gasteiger charge is -2.37. The highest BCUT2D eigenvalue weighted by atomic mass is 14.7. The average Bonchev–Trinajstić information content (AvgIpc) is 2.81. The summed E-state index contributed by atoms with van der Waals surface area (Å²) in [5.41, 5.74) is 9.44. The molecule has 0 spiro atoms. The first-order valence-electron chi connectivity index (χ1n) is 7.69. The van der Waals surface area contributed by atoms with Crippen molar-refractivity contribution in [1.29, 1.82) is 0 Å². The van der Waals surface area contributed by atoms with E-state index in [1.54, 1.807) is 0 Å². The lowest BCUT2D eigenvalue weighted by Crippen LogP contribution is -2.42. The molecule has 1 fully saturated rings. The van der Waals surface area contributed by atoms with Crippen molar-refractivity contribution in [3.05, 3.63) is 29.6 Å². The van der Waals surface area contributed by atoms with Crippen LogP contribution in [0.2, 0.25) is 0 Å². The van der Waals surface area contributed by atoms with Gasteiger partial charge in [0.25, 0.3) is 0 Å². The minimum absolute atomic E-state index is 0.256. The standard InChI is InChI=1S/C17H28N2/c1-13(2)12-17(8-4-5-9-17)16(18)11-15-14(3)7-6-10-19-15/h6-7,10,13,16H,4-5,8-9,11-12,18H2,1-3H3. The van der Waals surface area contributed by atoms with Crippen LogP contribution in [-0.2, 0) is 6.42 Å². The molecule has 1 aromatic heterocycles. The van der Waals surface area contributed by atoms with Crippen LogP contribution in [0.3, 0.4) is 0 Å². The highest BCUT2D eigenvalue weighted by Gasteiger charge is 2.39. The van der Waals surface area contributed by atoms with Crippen LogP contribution in [0.15, 0.2) is 18.3 Å². The van der Waals surface area contributed by atoms with Gasteiger partial charge in [-0.3, -0.25) is 4.98 Å². The van der Waals surface area contributed by atoms with Gasteiger partial charge >= 0.3 is 0 Å². The number of aromatic nitrogens is 1. The van der Waals surface area contributed by atoms with Crippen molar-refractivity contribution in [2.45, 2.75) is 65.3 Å². The number of nitrogens with two attached hydrogens (primary N) is 1. The predicted molar refractivity (Wildman–Crippen MR) is 81.0 cm³/mol. The molecule has 0 bridgehead atoms. The number of aryl methyl sites for hydroxylation is 1. The van der Waals surface area contributed by atoms with E-state index >= 15 is 0 Å². The maximum atomic E-state index is 6.62. The van der Waals surface area contributed by atoms with E-state index in [1.165, 1.54) is 43.4 Å². The molecule has 1 aliphatic carbocycles. The van der Waals surface area contributed by atoms with Gasteiger partial charge in [0.15, 0.2) is 0 Å². The fourth-order valence-electron chi connectivity index (χ4n) is 3.78. The van der Waals surface area contributed by atoms with Gasteiger partial charge < -0.3 is 5.73 Å². The van der Waals surface area contributed by atoms with Gasteiger partial charge in [-0.2, -0.15) is 0 Å². The first kappa shape index (κ1) is 14.5. The zero-order chi connectivity index (χ0) is 13.9. The van der Waals surface area contributed by atoms with Crippen molar-refractivity contribution < 1.29 is 0 Å². The summed E-state index contributed by atoms with van der Waals surface area (Å²) in [6.07, 6.45) is 9.39. The highest BCUT2D eigenvalue weighted by Crippen LogP contribution is 2.46. The third-order valence-corrected chi connectivity index (χ3v) is 4.73. The average molecular weight is 260 g/mol. The van der Waals surface area contributed by atoms with E-state index in [2.05, 4.69) is 31.8 Å². The Labute approximate surface area is 117 Å². The van der Waals surface area contributed by atoms with Gasteiger partial charge in [0, 0.05) is 24.4 Å². The Morgan fingerprint density at radius 2 is 2.00 bits per heavy atom. The Morgan fingerprint density at radius 3 is 2.58 bits per heavy atom. The van der Waals surface area contributed by atoms with Gasteiger partial charge in [-0.25, -0.2) is 0 Å². The van der Waals surface area contributed by atoms with Crippen molar-refractivity contribution in [3.63, 3.8) is 0 Å². The van der Waals surface area contributed by atoms with Crippen molar-refractivity contribution in [2.75, 3.05) is 0 Å². The van der Waals surface area contributed by atoms with Gasteiger partial charge in [0.1, 0.15) is 0 Å². The molecule has 19 heavy (non-hydrogen) atoms. The topological polar surface area (TPSA) is 38.9 Å². The van der Waals surface area contributed by atoms with Crippen LogP contribution < -0.4 is 5.73 Å². The van der Waals surface area contributed by atoms with Crippen LogP contribution >= 0.6 is 0 Å². The second kappa shape index (κ2) is 6.04. The van der Waals surface area contributed by atoms with Crippen LogP contribution in [0, 0.1) is 18.3 Å². The maximum Gasteiger partial charge on any atom is 0.0448 e. The fraction of sp³-hybridized carbons (Fsp3) is 0.706. The van der Waals surface area contributed by atoms with E-state index in [-0.39, 0.29) is 6.04 Å². The molecule has 2 nitrogen and oxygen atoms in total. The molecule has 106 valence electrons. The summed E-state index contributed by atoms with van der Waals surface area (Å²) >= 11 is 0. The van der Waals surface area contributed by atoms with Crippen LogP contribution in [-0.4, -0.2) is 11.0 Å². The maximum absolute atomic E-state index is 6.62. The van der Waals surface area contributed by atoms with Gasteiger partial charge in [-0.05, 0) is 49.1 Å². The van der Waals surface area contributed by atoms with E-state index in [0.717, 1.165) is 12.3 Å². The third-order valence-electron chi connectivity index (χ3n) is 4.73. The van der Waals surface area contributed by atoms with Crippen LogP contribution in [0.4, 0.5) is 0 Å². The molecule has 0 radical (unpaired) electrons. The van der Waals surface area contributed by atoms with Gasteiger partial charge in [0.05, 0.1) is 0 Å². The normalized spacial score (nSPS) is 19.8. The Balaban J connectivity index is 2.12. The Bertz CT molecular complexity index is 405. The molecular formula is C17H28N2.